The summed E-state index contributed by atoms with van der Waals surface area (Å²) in [4.78, 5) is 0. The molecule has 22 heavy (non-hydrogen) atoms. The fourth-order valence-corrected chi connectivity index (χ4v) is 6.62. The summed E-state index contributed by atoms with van der Waals surface area (Å²) in [5.74, 6) is 0. The van der Waals surface area contributed by atoms with Gasteiger partial charge in [0.1, 0.15) is 0 Å². The van der Waals surface area contributed by atoms with Gasteiger partial charge in [0.2, 0.25) is 0 Å². The molecule has 2 heteroatoms. The average molecular weight is 311 g/mol. The number of hydrogen-bond acceptors (Lipinski definition) is 1. The summed E-state index contributed by atoms with van der Waals surface area (Å²) in [5, 5.41) is 0. The molecule has 1 aliphatic rings. The second kappa shape index (κ2) is 6.80. The maximum absolute atomic E-state index is 6.36. The van der Waals surface area contributed by atoms with Crippen LogP contribution >= 0.6 is 0 Å². The van der Waals surface area contributed by atoms with Gasteiger partial charge in [-0.2, -0.15) is 0 Å². The van der Waals surface area contributed by atoms with Crippen LogP contribution in [0.2, 0.25) is 19.1 Å². The molecule has 0 aliphatic carbocycles. The Kier molecular flexibility index (Phi) is 4.80. The van der Waals surface area contributed by atoms with Gasteiger partial charge in [-0.15, -0.1) is 0 Å². The molecule has 0 aromatic heterocycles. The van der Waals surface area contributed by atoms with Gasteiger partial charge in [-0.3, -0.25) is 0 Å². The zero-order valence-electron chi connectivity index (χ0n) is 13.7. The van der Waals surface area contributed by atoms with Crippen LogP contribution in [0, 0.1) is 0 Å². The first kappa shape index (κ1) is 15.5. The van der Waals surface area contributed by atoms with Crippen LogP contribution < -0.4 is 0 Å². The number of ether oxygens (including phenoxy) is 1. The highest BCUT2D eigenvalue weighted by atomic mass is 28.3. The minimum Gasteiger partial charge on any atom is -0.371 e. The van der Waals surface area contributed by atoms with Crippen LogP contribution in [0.3, 0.4) is 0 Å². The van der Waals surface area contributed by atoms with Gasteiger partial charge >= 0.3 is 0 Å². The summed E-state index contributed by atoms with van der Waals surface area (Å²) < 4.78 is 6.36. The van der Waals surface area contributed by atoms with Gasteiger partial charge in [-0.05, 0) is 30.5 Å². The molecule has 116 valence electrons. The van der Waals surface area contributed by atoms with Gasteiger partial charge in [0.25, 0.3) is 0 Å². The van der Waals surface area contributed by atoms with E-state index in [1.165, 1.54) is 36.1 Å². The van der Waals surface area contributed by atoms with Gasteiger partial charge in [0.05, 0.1) is 20.3 Å². The Morgan fingerprint density at radius 1 is 0.909 bits per heavy atom. The maximum atomic E-state index is 6.36. The van der Waals surface area contributed by atoms with Crippen LogP contribution in [0.5, 0.6) is 0 Å². The molecule has 2 aromatic rings. The molecule has 1 aliphatic heterocycles. The summed E-state index contributed by atoms with van der Waals surface area (Å²) >= 11 is 0. The molecular formula is C20H26OSi. The lowest BCUT2D eigenvalue weighted by Gasteiger charge is -2.26. The second-order valence-corrected chi connectivity index (χ2v) is 12.4. The number of benzene rings is 2. The van der Waals surface area contributed by atoms with Crippen molar-refractivity contribution in [2.24, 2.45) is 0 Å². The smallest absolute Gasteiger partial charge is 0.0829 e. The van der Waals surface area contributed by atoms with Crippen molar-refractivity contribution in [2.45, 2.75) is 50.2 Å². The predicted molar refractivity (Wildman–Crippen MR) is 95.7 cm³/mol. The zero-order valence-corrected chi connectivity index (χ0v) is 14.7. The fraction of sp³-hybridized carbons (Fsp3) is 0.400. The predicted octanol–water partition coefficient (Wildman–Crippen LogP) is 5.40. The highest BCUT2D eigenvalue weighted by Crippen LogP contribution is 2.36. The maximum Gasteiger partial charge on any atom is 0.0829 e. The van der Waals surface area contributed by atoms with Crippen molar-refractivity contribution >= 4 is 8.07 Å². The van der Waals surface area contributed by atoms with E-state index in [0.29, 0.717) is 12.2 Å². The lowest BCUT2D eigenvalue weighted by molar-refractivity contribution is 0.0547. The van der Waals surface area contributed by atoms with Crippen LogP contribution in [0.4, 0.5) is 0 Å². The Morgan fingerprint density at radius 3 is 2.23 bits per heavy atom. The van der Waals surface area contributed by atoms with Gasteiger partial charge in [-0.25, -0.2) is 0 Å². The lowest BCUT2D eigenvalue weighted by Crippen LogP contribution is -2.33. The van der Waals surface area contributed by atoms with E-state index in [9.17, 15) is 0 Å². The summed E-state index contributed by atoms with van der Waals surface area (Å²) in [7, 11) is -1.26. The summed E-state index contributed by atoms with van der Waals surface area (Å²) in [5.41, 5.74) is 2.82. The molecule has 1 saturated heterocycles. The van der Waals surface area contributed by atoms with Crippen LogP contribution in [0.15, 0.2) is 60.7 Å². The number of rotatable bonds is 5. The van der Waals surface area contributed by atoms with Crippen LogP contribution in [-0.2, 0) is 10.8 Å². The molecule has 0 bridgehead atoms. The molecule has 1 nitrogen and oxygen atoms in total. The first-order valence-corrected chi connectivity index (χ1v) is 11.8. The van der Waals surface area contributed by atoms with Crippen molar-refractivity contribution in [1.29, 1.82) is 0 Å². The van der Waals surface area contributed by atoms with Gasteiger partial charge < -0.3 is 4.74 Å². The second-order valence-electron chi connectivity index (χ2n) is 7.27. The number of hydrogen-bond donors (Lipinski definition) is 0. The molecule has 2 aromatic carbocycles. The average Bonchev–Trinajstić information content (AvgIpc) is 2.96. The minimum atomic E-state index is -1.26. The van der Waals surface area contributed by atoms with E-state index in [0.717, 1.165) is 0 Å². The molecule has 0 unspecified atom stereocenters. The third-order valence-corrected chi connectivity index (χ3v) is 7.51. The van der Waals surface area contributed by atoms with Crippen molar-refractivity contribution < 1.29 is 4.74 Å². The quantitative estimate of drug-likeness (QED) is 0.672. The third-order valence-electron chi connectivity index (χ3n) is 4.58. The Labute approximate surface area is 135 Å². The van der Waals surface area contributed by atoms with Crippen molar-refractivity contribution in [3.8, 4) is 0 Å². The van der Waals surface area contributed by atoms with E-state index < -0.39 is 8.07 Å². The Balaban J connectivity index is 1.57. The molecule has 0 amide bonds. The van der Waals surface area contributed by atoms with Gasteiger partial charge in [0, 0.05) is 0 Å². The minimum absolute atomic E-state index is 0.313. The first-order valence-electron chi connectivity index (χ1n) is 8.37. The van der Waals surface area contributed by atoms with Gasteiger partial charge in [0.15, 0.2) is 0 Å². The molecule has 1 heterocycles. The van der Waals surface area contributed by atoms with Crippen molar-refractivity contribution in [1.82, 2.24) is 0 Å². The molecular weight excluding hydrogens is 284 g/mol. The highest BCUT2D eigenvalue weighted by Gasteiger charge is 2.32. The molecule has 1 fully saturated rings. The molecule has 2 atom stereocenters. The highest BCUT2D eigenvalue weighted by molar-refractivity contribution is 6.77. The van der Waals surface area contributed by atoms with Crippen molar-refractivity contribution in [3.05, 3.63) is 71.8 Å². The van der Waals surface area contributed by atoms with E-state index in [-0.39, 0.29) is 0 Å². The molecule has 0 spiro atoms. The van der Waals surface area contributed by atoms with Crippen molar-refractivity contribution in [2.75, 3.05) is 0 Å². The largest absolute Gasteiger partial charge is 0.371 e. The molecule has 0 saturated carbocycles. The first-order chi connectivity index (χ1) is 10.6. The van der Waals surface area contributed by atoms with Crippen LogP contribution in [0.25, 0.3) is 0 Å². The topological polar surface area (TPSA) is 9.23 Å². The molecule has 0 radical (unpaired) electrons. The van der Waals surface area contributed by atoms with E-state index in [1.807, 2.05) is 0 Å². The zero-order chi connectivity index (χ0) is 15.4. The van der Waals surface area contributed by atoms with Crippen molar-refractivity contribution in [3.63, 3.8) is 0 Å². The van der Waals surface area contributed by atoms with Crippen LogP contribution in [-0.4, -0.2) is 14.2 Å². The fourth-order valence-electron chi connectivity index (χ4n) is 3.61. The summed E-state index contributed by atoms with van der Waals surface area (Å²) in [6, 6.07) is 24.1. The third kappa shape index (κ3) is 4.08. The Bertz CT molecular complexity index is 579. The van der Waals surface area contributed by atoms with E-state index in [2.05, 4.69) is 73.8 Å². The van der Waals surface area contributed by atoms with E-state index >= 15 is 0 Å². The standard InChI is InChI=1S/C20H26OSi/c1-22(2,15-17-9-5-3-6-10-17)16-19-13-14-20(21-19)18-11-7-4-8-12-18/h3-12,19-20H,13-16H2,1-2H3/t19-,20-/m0/s1. The Morgan fingerprint density at radius 2 is 1.55 bits per heavy atom. The van der Waals surface area contributed by atoms with E-state index in [4.69, 9.17) is 4.74 Å². The Hall–Kier alpha value is -1.38. The summed E-state index contributed by atoms with van der Waals surface area (Å²) in [6.07, 6.45) is 3.15. The van der Waals surface area contributed by atoms with E-state index in [1.54, 1.807) is 0 Å². The normalized spacial score (nSPS) is 21.9. The monoisotopic (exact) mass is 310 g/mol. The lowest BCUT2D eigenvalue weighted by atomic mass is 10.1. The molecule has 0 N–H and O–H groups in total. The van der Waals surface area contributed by atoms with Crippen LogP contribution in [0.1, 0.15) is 30.1 Å². The summed E-state index contributed by atoms with van der Waals surface area (Å²) in [6.45, 7) is 5.00. The SMILES string of the molecule is C[Si](C)(Cc1ccccc1)C[C@@H]1CC[C@@H](c2ccccc2)O1. The van der Waals surface area contributed by atoms with Gasteiger partial charge in [-0.1, -0.05) is 79.3 Å². The molecule has 3 rings (SSSR count).